The maximum Gasteiger partial charge on any atom is 0.337 e. The van der Waals surface area contributed by atoms with Crippen LogP contribution < -0.4 is 5.32 Å². The van der Waals surface area contributed by atoms with Gasteiger partial charge in [-0.2, -0.15) is 0 Å². The van der Waals surface area contributed by atoms with Crippen LogP contribution in [0.3, 0.4) is 0 Å². The summed E-state index contributed by atoms with van der Waals surface area (Å²) >= 11 is 0. The van der Waals surface area contributed by atoms with Crippen molar-refractivity contribution in [2.75, 3.05) is 7.11 Å². The van der Waals surface area contributed by atoms with Gasteiger partial charge in [-0.05, 0) is 46.0 Å². The lowest BCUT2D eigenvalue weighted by Crippen LogP contribution is -2.57. The third-order valence-corrected chi connectivity index (χ3v) is 9.55. The van der Waals surface area contributed by atoms with Crippen LogP contribution in [-0.4, -0.2) is 51.4 Å². The lowest BCUT2D eigenvalue weighted by atomic mass is 9.76. The molecular weight excluding hydrogens is 606 g/mol. The van der Waals surface area contributed by atoms with Gasteiger partial charge in [0.15, 0.2) is 0 Å². The average molecular weight is 640 g/mol. The number of likely N-dealkylation sites (tertiary alicyclic amines) is 1. The van der Waals surface area contributed by atoms with Gasteiger partial charge in [0, 0.05) is 29.6 Å². The molecule has 2 amide bonds. The monoisotopic (exact) mass is 639 g/mol. The first-order valence-electron chi connectivity index (χ1n) is 15.7. The van der Waals surface area contributed by atoms with Crippen LogP contribution in [-0.2, 0) is 32.1 Å². The number of carboxylic acid groups (broad SMARTS) is 1. The number of amides is 2. The SMILES string of the molecule is COC(=O)c1ccc(CN2C(=O)C3C(c4ccc(/C=C/c5ccccc5)cc4)NC(Cc4c[nH]c5ccccc45)(C(=O)O)C3C2=O)cc1. The van der Waals surface area contributed by atoms with E-state index in [2.05, 4.69) is 10.3 Å². The van der Waals surface area contributed by atoms with Gasteiger partial charge >= 0.3 is 11.9 Å². The van der Waals surface area contributed by atoms with Gasteiger partial charge in [-0.15, -0.1) is 0 Å². The van der Waals surface area contributed by atoms with Crippen molar-refractivity contribution in [2.24, 2.45) is 11.8 Å². The minimum absolute atomic E-state index is 0.0113. The molecule has 2 aliphatic rings. The number of esters is 1. The number of benzene rings is 4. The summed E-state index contributed by atoms with van der Waals surface area (Å²) in [6.07, 6.45) is 5.75. The Morgan fingerprint density at radius 2 is 1.52 bits per heavy atom. The minimum atomic E-state index is -1.76. The summed E-state index contributed by atoms with van der Waals surface area (Å²) in [6, 6.07) is 30.9. The fraction of sp³-hybridized carbons (Fsp3) is 0.179. The van der Waals surface area contributed by atoms with Crippen molar-refractivity contribution in [3.05, 3.63) is 143 Å². The van der Waals surface area contributed by atoms with Crippen LogP contribution in [0.1, 0.15) is 44.2 Å². The molecule has 4 atom stereocenters. The number of aliphatic carboxylic acids is 1. The Balaban J connectivity index is 1.25. The Labute approximate surface area is 276 Å². The predicted molar refractivity (Wildman–Crippen MR) is 180 cm³/mol. The number of ether oxygens (including phenoxy) is 1. The summed E-state index contributed by atoms with van der Waals surface area (Å²) in [5.74, 6) is -4.77. The number of H-pyrrole nitrogens is 1. The normalized spacial score (nSPS) is 22.0. The van der Waals surface area contributed by atoms with E-state index in [1.165, 1.54) is 12.0 Å². The van der Waals surface area contributed by atoms with Gasteiger partial charge < -0.3 is 14.8 Å². The zero-order valence-electron chi connectivity index (χ0n) is 26.1. The van der Waals surface area contributed by atoms with Gasteiger partial charge in [0.25, 0.3) is 0 Å². The Morgan fingerprint density at radius 1 is 0.854 bits per heavy atom. The Hall–Kier alpha value is -5.80. The van der Waals surface area contributed by atoms with Crippen LogP contribution in [0.25, 0.3) is 23.1 Å². The highest BCUT2D eigenvalue weighted by Crippen LogP contribution is 2.50. The molecule has 4 aromatic carbocycles. The summed E-state index contributed by atoms with van der Waals surface area (Å²) in [4.78, 5) is 58.3. The maximum atomic E-state index is 14.3. The van der Waals surface area contributed by atoms with Gasteiger partial charge in [-0.1, -0.05) is 97.1 Å². The number of aromatic amines is 1. The molecule has 0 radical (unpaired) electrons. The van der Waals surface area contributed by atoms with Gasteiger partial charge in [-0.3, -0.25) is 24.6 Å². The van der Waals surface area contributed by atoms with E-state index in [0.717, 1.165) is 27.6 Å². The number of carbonyl (C=O) groups excluding carboxylic acids is 3. The summed E-state index contributed by atoms with van der Waals surface area (Å²) in [5.41, 5.74) is 3.50. The van der Waals surface area contributed by atoms with Crippen LogP contribution in [0.2, 0.25) is 0 Å². The van der Waals surface area contributed by atoms with Crippen molar-refractivity contribution >= 4 is 46.8 Å². The van der Waals surface area contributed by atoms with E-state index >= 15 is 0 Å². The third-order valence-electron chi connectivity index (χ3n) is 9.55. The number of para-hydroxylation sites is 1. The number of fused-ring (bicyclic) bond motifs is 2. The summed E-state index contributed by atoms with van der Waals surface area (Å²) in [5, 5.41) is 15.1. The van der Waals surface area contributed by atoms with Crippen molar-refractivity contribution in [1.82, 2.24) is 15.2 Å². The lowest BCUT2D eigenvalue weighted by molar-refractivity contribution is -0.151. The molecule has 0 spiro atoms. The third kappa shape index (κ3) is 5.38. The minimum Gasteiger partial charge on any atom is -0.480 e. The summed E-state index contributed by atoms with van der Waals surface area (Å²) in [6.45, 7) is -0.0508. The molecule has 3 heterocycles. The average Bonchev–Trinajstić information content (AvgIpc) is 3.76. The van der Waals surface area contributed by atoms with Crippen molar-refractivity contribution < 1.29 is 29.0 Å². The smallest absolute Gasteiger partial charge is 0.337 e. The number of imide groups is 1. The second-order valence-electron chi connectivity index (χ2n) is 12.3. The molecule has 9 nitrogen and oxygen atoms in total. The quantitative estimate of drug-likeness (QED) is 0.108. The number of methoxy groups -OCH3 is 1. The molecule has 5 aromatic rings. The number of hydrogen-bond donors (Lipinski definition) is 3. The molecule has 4 unspecified atom stereocenters. The molecule has 2 aliphatic heterocycles. The Bertz CT molecular complexity index is 2050. The fourth-order valence-electron chi connectivity index (χ4n) is 7.14. The van der Waals surface area contributed by atoms with E-state index in [0.29, 0.717) is 16.7 Å². The number of aromatic nitrogens is 1. The van der Waals surface area contributed by atoms with Crippen LogP contribution in [0.4, 0.5) is 0 Å². The van der Waals surface area contributed by atoms with Crippen molar-refractivity contribution in [1.29, 1.82) is 0 Å². The largest absolute Gasteiger partial charge is 0.480 e. The van der Waals surface area contributed by atoms with Crippen molar-refractivity contribution in [3.8, 4) is 0 Å². The molecule has 2 saturated heterocycles. The van der Waals surface area contributed by atoms with Gasteiger partial charge in [-0.25, -0.2) is 4.79 Å². The predicted octanol–water partition coefficient (Wildman–Crippen LogP) is 5.64. The summed E-state index contributed by atoms with van der Waals surface area (Å²) < 4.78 is 4.78. The highest BCUT2D eigenvalue weighted by Gasteiger charge is 2.68. The van der Waals surface area contributed by atoms with E-state index in [4.69, 9.17) is 4.74 Å². The second kappa shape index (κ2) is 12.4. The van der Waals surface area contributed by atoms with Crippen LogP contribution >= 0.6 is 0 Å². The first-order chi connectivity index (χ1) is 23.3. The Kier molecular flexibility index (Phi) is 7.98. The Morgan fingerprint density at radius 3 is 2.21 bits per heavy atom. The van der Waals surface area contributed by atoms with Crippen LogP contribution in [0.5, 0.6) is 0 Å². The molecule has 240 valence electrons. The van der Waals surface area contributed by atoms with Gasteiger partial charge in [0.05, 0.1) is 31.1 Å². The molecule has 7 rings (SSSR count). The number of carboxylic acids is 1. The molecule has 2 fully saturated rings. The molecule has 0 aliphatic carbocycles. The molecule has 1 aromatic heterocycles. The first-order valence-corrected chi connectivity index (χ1v) is 15.7. The maximum absolute atomic E-state index is 14.3. The highest BCUT2D eigenvalue weighted by molar-refractivity contribution is 6.09. The topological polar surface area (TPSA) is 129 Å². The molecule has 48 heavy (non-hydrogen) atoms. The van der Waals surface area contributed by atoms with E-state index in [-0.39, 0.29) is 13.0 Å². The lowest BCUT2D eigenvalue weighted by Gasteiger charge is -2.31. The number of nitrogens with one attached hydrogen (secondary N) is 2. The molecule has 0 bridgehead atoms. The molecule has 0 saturated carbocycles. The van der Waals surface area contributed by atoms with Crippen molar-refractivity contribution in [3.63, 3.8) is 0 Å². The van der Waals surface area contributed by atoms with E-state index < -0.39 is 47.2 Å². The number of carbonyl (C=O) groups is 4. The number of nitrogens with zero attached hydrogens (tertiary/aromatic N) is 1. The van der Waals surface area contributed by atoms with Crippen LogP contribution in [0, 0.1) is 11.8 Å². The highest BCUT2D eigenvalue weighted by atomic mass is 16.5. The number of hydrogen-bond acceptors (Lipinski definition) is 6. The molecule has 9 heteroatoms. The van der Waals surface area contributed by atoms with Gasteiger partial charge in [0.2, 0.25) is 11.8 Å². The summed E-state index contributed by atoms with van der Waals surface area (Å²) in [7, 11) is 1.29. The molecule has 3 N–H and O–H groups in total. The van der Waals surface area contributed by atoms with Crippen LogP contribution in [0.15, 0.2) is 109 Å². The van der Waals surface area contributed by atoms with E-state index in [1.807, 2.05) is 91.0 Å². The number of rotatable bonds is 9. The zero-order chi connectivity index (χ0) is 33.4. The van der Waals surface area contributed by atoms with Gasteiger partial charge in [0.1, 0.15) is 5.54 Å². The van der Waals surface area contributed by atoms with E-state index in [1.54, 1.807) is 30.5 Å². The second-order valence-corrected chi connectivity index (χ2v) is 12.3. The zero-order valence-corrected chi connectivity index (χ0v) is 26.1. The van der Waals surface area contributed by atoms with Crippen molar-refractivity contribution in [2.45, 2.75) is 24.5 Å². The first kappa shape index (κ1) is 30.8. The standard InChI is InChI=1S/C39H33N3O6/c1-48-37(45)28-19-15-26(16-20-28)23-42-35(43)32-33(36(42)44)39(38(46)47,21-29-22-40-31-10-6-5-9-30(29)31)41-34(32)27-17-13-25(14-18-27)12-11-24-7-3-2-4-8-24/h2-20,22,32-34,40-41H,21,23H2,1H3,(H,46,47)/b12-11+. The molecular formula is C39H33N3O6. The van der Waals surface area contributed by atoms with E-state index in [9.17, 15) is 24.3 Å². The fourth-order valence-corrected chi connectivity index (χ4v) is 7.14.